The second kappa shape index (κ2) is 12.1. The molecule has 0 amide bonds. The minimum Gasteiger partial charge on any atom is -0.248 e. The molecule has 0 aliphatic heterocycles. The summed E-state index contributed by atoms with van der Waals surface area (Å²) in [5.74, 6) is 0. The fourth-order valence-corrected chi connectivity index (χ4v) is 5.58. The van der Waals surface area contributed by atoms with Gasteiger partial charge in [0.25, 0.3) is 0 Å². The van der Waals surface area contributed by atoms with Crippen molar-refractivity contribution in [2.75, 3.05) is 0 Å². The number of nitrogens with zero attached hydrogens (tertiary/aromatic N) is 1. The molecule has 0 spiro atoms. The van der Waals surface area contributed by atoms with E-state index in [9.17, 15) is 26.3 Å². The van der Waals surface area contributed by atoms with Gasteiger partial charge in [-0.25, -0.2) is 4.98 Å². The van der Waals surface area contributed by atoms with Crippen molar-refractivity contribution in [3.63, 3.8) is 0 Å². The fraction of sp³-hybridized carbons (Fsp3) is 0.0541. The summed E-state index contributed by atoms with van der Waals surface area (Å²) < 4.78 is 83.0. The van der Waals surface area contributed by atoms with Crippen molar-refractivity contribution in [2.24, 2.45) is 0 Å². The van der Waals surface area contributed by atoms with Crippen LogP contribution < -0.4 is 10.9 Å². The topological polar surface area (TPSA) is 12.9 Å². The van der Waals surface area contributed by atoms with Crippen LogP contribution in [0.15, 0.2) is 140 Å². The van der Waals surface area contributed by atoms with E-state index < -0.39 is 23.5 Å². The van der Waals surface area contributed by atoms with Gasteiger partial charge in [0.1, 0.15) is 0 Å². The monoisotopic (exact) mass is 607 g/mol. The number of fused-ring (bicyclic) bond motifs is 1. The third kappa shape index (κ3) is 6.55. The minimum absolute atomic E-state index is 0.144. The number of pyridine rings is 1. The quantitative estimate of drug-likeness (QED) is 0.136. The van der Waals surface area contributed by atoms with Gasteiger partial charge in [0.2, 0.25) is 6.71 Å². The first kappa shape index (κ1) is 29.9. The molecule has 0 radical (unpaired) electrons. The van der Waals surface area contributed by atoms with Crippen molar-refractivity contribution < 1.29 is 26.3 Å². The number of hydrogen-bond acceptors (Lipinski definition) is 1. The highest BCUT2D eigenvalue weighted by atomic mass is 19.4. The van der Waals surface area contributed by atoms with E-state index in [1.165, 1.54) is 0 Å². The van der Waals surface area contributed by atoms with E-state index in [2.05, 4.69) is 0 Å². The number of hydrogen-bond donors (Lipinski definition) is 0. The van der Waals surface area contributed by atoms with Crippen molar-refractivity contribution in [2.45, 2.75) is 12.4 Å². The Hall–Kier alpha value is -5.11. The Morgan fingerprint density at radius 3 is 1.58 bits per heavy atom. The zero-order valence-corrected chi connectivity index (χ0v) is 23.6. The minimum atomic E-state index is -4.97. The first-order valence-electron chi connectivity index (χ1n) is 14.1. The molecule has 0 saturated heterocycles. The average molecular weight is 607 g/mol. The highest BCUT2D eigenvalue weighted by Gasteiger charge is 2.37. The third-order valence-corrected chi connectivity index (χ3v) is 7.62. The van der Waals surface area contributed by atoms with E-state index in [4.69, 9.17) is 4.98 Å². The molecular formula is C37H24BF6N. The van der Waals surface area contributed by atoms with Crippen molar-refractivity contribution in [1.82, 2.24) is 4.98 Å². The van der Waals surface area contributed by atoms with Crippen LogP contribution in [-0.2, 0) is 12.4 Å². The molecule has 6 aromatic rings. The fourth-order valence-electron chi connectivity index (χ4n) is 5.58. The van der Waals surface area contributed by atoms with Crippen LogP contribution in [0.2, 0.25) is 0 Å². The van der Waals surface area contributed by atoms with Crippen molar-refractivity contribution in [3.05, 3.63) is 162 Å². The van der Waals surface area contributed by atoms with E-state index in [1.54, 1.807) is 30.3 Å². The van der Waals surface area contributed by atoms with Gasteiger partial charge in [0, 0.05) is 5.39 Å². The number of benzene rings is 5. The molecule has 0 bridgehead atoms. The van der Waals surface area contributed by atoms with E-state index in [0.29, 0.717) is 16.6 Å². The number of alkyl halides is 6. The van der Waals surface area contributed by atoms with E-state index >= 15 is 0 Å². The molecule has 222 valence electrons. The zero-order chi connectivity index (χ0) is 31.6. The maximum Gasteiger partial charge on any atom is 0.416 e. The molecule has 1 nitrogen and oxygen atoms in total. The summed E-state index contributed by atoms with van der Waals surface area (Å²) in [6, 6.07) is 39.4. The summed E-state index contributed by atoms with van der Waals surface area (Å²) in [6.07, 6.45) is -8.07. The molecule has 8 heteroatoms. The van der Waals surface area contributed by atoms with Crippen LogP contribution in [0.4, 0.5) is 26.3 Å². The molecule has 6 rings (SSSR count). The Bertz CT molecular complexity index is 1900. The van der Waals surface area contributed by atoms with Crippen LogP contribution in [0.3, 0.4) is 0 Å². The van der Waals surface area contributed by atoms with Gasteiger partial charge in [0.05, 0.1) is 22.3 Å². The molecule has 0 fully saturated rings. The van der Waals surface area contributed by atoms with Crippen LogP contribution in [0, 0.1) is 0 Å². The van der Waals surface area contributed by atoms with Crippen LogP contribution >= 0.6 is 0 Å². The Labute approximate surface area is 256 Å². The molecule has 1 heterocycles. The van der Waals surface area contributed by atoms with E-state index in [1.807, 2.05) is 97.1 Å². The van der Waals surface area contributed by atoms with Crippen LogP contribution in [0.1, 0.15) is 22.4 Å². The van der Waals surface area contributed by atoms with Crippen molar-refractivity contribution >= 4 is 40.1 Å². The van der Waals surface area contributed by atoms with Gasteiger partial charge in [-0.2, -0.15) is 26.3 Å². The van der Waals surface area contributed by atoms with Crippen molar-refractivity contribution in [1.29, 1.82) is 0 Å². The second-order valence-electron chi connectivity index (χ2n) is 10.6. The van der Waals surface area contributed by atoms with E-state index in [0.717, 1.165) is 34.1 Å². The Balaban J connectivity index is 1.63. The highest BCUT2D eigenvalue weighted by Crippen LogP contribution is 2.40. The maximum absolute atomic E-state index is 13.8. The molecule has 5 aromatic carbocycles. The van der Waals surface area contributed by atoms with Gasteiger partial charge < -0.3 is 0 Å². The lowest BCUT2D eigenvalue weighted by Crippen LogP contribution is -2.43. The first-order valence-corrected chi connectivity index (χ1v) is 14.1. The van der Waals surface area contributed by atoms with Gasteiger partial charge >= 0.3 is 12.4 Å². The van der Waals surface area contributed by atoms with Gasteiger partial charge in [-0.15, -0.1) is 0 Å². The zero-order valence-electron chi connectivity index (χ0n) is 23.6. The molecule has 0 saturated carbocycles. The Morgan fingerprint density at radius 2 is 1.04 bits per heavy atom. The molecule has 0 unspecified atom stereocenters. The normalized spacial score (nSPS) is 12.4. The summed E-state index contributed by atoms with van der Waals surface area (Å²) in [6.45, 7) is -0.253. The smallest absolute Gasteiger partial charge is 0.248 e. The first-order chi connectivity index (χ1) is 21.6. The number of aromatic nitrogens is 1. The molecule has 0 N–H and O–H groups in total. The summed E-state index contributed by atoms with van der Waals surface area (Å²) in [5, 5.41) is 0.436. The molecule has 0 atom stereocenters. The average Bonchev–Trinajstić information content (AvgIpc) is 3.04. The lowest BCUT2D eigenvalue weighted by atomic mass is 9.35. The highest BCUT2D eigenvalue weighted by molar-refractivity contribution is 7.00. The van der Waals surface area contributed by atoms with Gasteiger partial charge in [-0.05, 0) is 53.1 Å². The van der Waals surface area contributed by atoms with Crippen LogP contribution in [0.25, 0.3) is 33.6 Å². The number of halogens is 6. The summed E-state index contributed by atoms with van der Waals surface area (Å²) in [5.41, 5.74) is 1.88. The second-order valence-corrected chi connectivity index (χ2v) is 10.6. The van der Waals surface area contributed by atoms with Crippen LogP contribution in [-0.4, -0.2) is 11.7 Å². The van der Waals surface area contributed by atoms with Gasteiger partial charge in [0.15, 0.2) is 0 Å². The largest absolute Gasteiger partial charge is 0.416 e. The summed E-state index contributed by atoms with van der Waals surface area (Å²) in [4.78, 5) is 4.82. The summed E-state index contributed by atoms with van der Waals surface area (Å²) in [7, 11) is 0. The molecule has 0 aliphatic rings. The SMILES string of the molecule is FC(F)(F)c1cc(-c2cc(/C=C(/B(c3ccccc3)c3ccccc3)c3ccccc3)nc3ccccc23)cc(C(F)(F)F)c1. The lowest BCUT2D eigenvalue weighted by molar-refractivity contribution is -0.143. The standard InChI is InChI=1S/C37H24BF6N/c39-36(40,41)27-20-26(21-28(22-27)37(42,43)44)33-23-31(45-35-19-11-10-18-32(33)35)24-34(25-12-4-1-5-13-25)38(29-14-6-2-7-15-29)30-16-8-3-9-17-30/h1-24H/b34-24+. The van der Waals surface area contributed by atoms with Crippen LogP contribution in [0.5, 0.6) is 0 Å². The van der Waals surface area contributed by atoms with Crippen molar-refractivity contribution in [3.8, 4) is 11.1 Å². The molecule has 0 aliphatic carbocycles. The maximum atomic E-state index is 13.8. The Morgan fingerprint density at radius 1 is 0.556 bits per heavy atom. The van der Waals surface area contributed by atoms with E-state index in [-0.39, 0.29) is 23.9 Å². The number of rotatable bonds is 6. The lowest BCUT2D eigenvalue weighted by Gasteiger charge is -2.20. The predicted molar refractivity (Wildman–Crippen MR) is 169 cm³/mol. The third-order valence-electron chi connectivity index (χ3n) is 7.62. The molecule has 45 heavy (non-hydrogen) atoms. The van der Waals surface area contributed by atoms with Gasteiger partial charge in [-0.1, -0.05) is 126 Å². The predicted octanol–water partition coefficient (Wildman–Crippen LogP) is 9.33. The molecular weight excluding hydrogens is 583 g/mol. The Kier molecular flexibility index (Phi) is 8.06. The van der Waals surface area contributed by atoms with Gasteiger partial charge in [-0.3, -0.25) is 0 Å². The summed E-state index contributed by atoms with van der Waals surface area (Å²) >= 11 is 0. The number of para-hydroxylation sites is 1. The molecule has 1 aromatic heterocycles.